The fourth-order valence-corrected chi connectivity index (χ4v) is 4.36. The van der Waals surface area contributed by atoms with Gasteiger partial charge in [-0.3, -0.25) is 19.5 Å². The molecule has 6 nitrogen and oxygen atoms in total. The van der Waals surface area contributed by atoms with Crippen LogP contribution in [-0.2, 0) is 9.59 Å². The Labute approximate surface area is 197 Å². The molecule has 2 amide bonds. The molecule has 2 atom stereocenters. The van der Waals surface area contributed by atoms with Crippen molar-refractivity contribution in [2.24, 2.45) is 0 Å². The van der Waals surface area contributed by atoms with Gasteiger partial charge in [0.25, 0.3) is 0 Å². The molecular weight excluding hydrogens is 433 g/mol. The average molecular weight is 458 g/mol. The van der Waals surface area contributed by atoms with Gasteiger partial charge in [-0.1, -0.05) is 31.2 Å². The zero-order chi connectivity index (χ0) is 24.1. The highest BCUT2D eigenvalue weighted by Crippen LogP contribution is 2.31. The lowest BCUT2D eigenvalue weighted by atomic mass is 9.90. The zero-order valence-electron chi connectivity index (χ0n) is 18.8. The Kier molecular flexibility index (Phi) is 6.98. The van der Waals surface area contributed by atoms with Crippen molar-refractivity contribution in [1.82, 2.24) is 9.88 Å². The first-order valence-electron chi connectivity index (χ1n) is 11.2. The van der Waals surface area contributed by atoms with Crippen molar-refractivity contribution in [3.05, 3.63) is 83.9 Å². The van der Waals surface area contributed by atoms with Gasteiger partial charge in [0.2, 0.25) is 11.8 Å². The quantitative estimate of drug-likeness (QED) is 0.452. The predicted octanol–water partition coefficient (Wildman–Crippen LogP) is 4.85. The summed E-state index contributed by atoms with van der Waals surface area (Å²) >= 11 is 0. The third kappa shape index (κ3) is 4.81. The number of aromatic nitrogens is 1. The number of ether oxygens (including phenoxy) is 1. The number of nitriles is 1. The van der Waals surface area contributed by atoms with E-state index >= 15 is 0 Å². The predicted molar refractivity (Wildman–Crippen MR) is 124 cm³/mol. The number of nitrogens with zero attached hydrogens (tertiary/aromatic N) is 3. The highest BCUT2D eigenvalue weighted by atomic mass is 19.1. The van der Waals surface area contributed by atoms with Gasteiger partial charge in [0, 0.05) is 37.2 Å². The van der Waals surface area contributed by atoms with Crippen molar-refractivity contribution in [2.75, 3.05) is 6.61 Å². The number of hydrogen-bond donors (Lipinski definition) is 0. The van der Waals surface area contributed by atoms with E-state index < -0.39 is 5.82 Å². The lowest BCUT2D eigenvalue weighted by Gasteiger charge is -2.32. The molecule has 3 aromatic rings. The number of benzene rings is 2. The van der Waals surface area contributed by atoms with Gasteiger partial charge in [-0.25, -0.2) is 4.39 Å². The van der Waals surface area contributed by atoms with Gasteiger partial charge in [-0.05, 0) is 53.4 Å². The van der Waals surface area contributed by atoms with Crippen LogP contribution in [0.2, 0.25) is 0 Å². The molecule has 172 valence electrons. The average Bonchev–Trinajstić information content (AvgIpc) is 3.20. The molecule has 1 aliphatic rings. The van der Waals surface area contributed by atoms with Crippen molar-refractivity contribution in [3.8, 4) is 22.9 Å². The smallest absolute Gasteiger partial charge is 0.229 e. The van der Waals surface area contributed by atoms with E-state index in [9.17, 15) is 14.0 Å². The number of imide groups is 1. The summed E-state index contributed by atoms with van der Waals surface area (Å²) < 4.78 is 19.7. The third-order valence-corrected chi connectivity index (χ3v) is 6.12. The molecule has 34 heavy (non-hydrogen) atoms. The molecule has 1 aromatic heterocycles. The summed E-state index contributed by atoms with van der Waals surface area (Å²) in [4.78, 5) is 30.5. The van der Waals surface area contributed by atoms with E-state index in [1.807, 2.05) is 37.3 Å². The lowest BCUT2D eigenvalue weighted by molar-refractivity contribution is -0.142. The fourth-order valence-electron chi connectivity index (χ4n) is 4.36. The SMILES string of the molecule is CCC(C(COc1ccc(-c2ccc(F)c(C#N)c2)cc1)c1cccnc1)N1C(=O)CCC1=O. The highest BCUT2D eigenvalue weighted by molar-refractivity contribution is 6.02. The number of carbonyl (C=O) groups excluding carboxylic acids is 2. The number of hydrogen-bond acceptors (Lipinski definition) is 5. The monoisotopic (exact) mass is 457 g/mol. The summed E-state index contributed by atoms with van der Waals surface area (Å²) in [5, 5.41) is 9.07. The Hall–Kier alpha value is -4.05. The number of likely N-dealkylation sites (tertiary alicyclic amines) is 1. The summed E-state index contributed by atoms with van der Waals surface area (Å²) in [7, 11) is 0. The minimum Gasteiger partial charge on any atom is -0.493 e. The number of pyridine rings is 1. The largest absolute Gasteiger partial charge is 0.493 e. The second-order valence-corrected chi connectivity index (χ2v) is 8.17. The van der Waals surface area contributed by atoms with Crippen LogP contribution in [0.3, 0.4) is 0 Å². The molecule has 2 aromatic carbocycles. The Bertz CT molecular complexity index is 1210. The number of carbonyl (C=O) groups is 2. The molecule has 1 fully saturated rings. The number of rotatable bonds is 8. The maximum Gasteiger partial charge on any atom is 0.229 e. The van der Waals surface area contributed by atoms with Crippen LogP contribution in [0.5, 0.6) is 5.75 Å². The minimum atomic E-state index is -0.548. The Morgan fingerprint density at radius 1 is 1.09 bits per heavy atom. The summed E-state index contributed by atoms with van der Waals surface area (Å²) in [6.45, 7) is 2.22. The first kappa shape index (κ1) is 23.1. The molecule has 2 unspecified atom stereocenters. The van der Waals surface area contributed by atoms with Crippen LogP contribution < -0.4 is 4.74 Å². The van der Waals surface area contributed by atoms with E-state index in [2.05, 4.69) is 4.98 Å². The van der Waals surface area contributed by atoms with Crippen LogP contribution in [0, 0.1) is 17.1 Å². The molecular formula is C27H24FN3O3. The maximum atomic E-state index is 13.6. The standard InChI is InChI=1S/C27H24FN3O3/c1-2-25(31-26(32)11-12-27(31)33)23(20-4-3-13-30-16-20)17-34-22-8-5-18(6-9-22)19-7-10-24(28)21(14-19)15-29/h3-10,13-14,16,23,25H,2,11-12,17H2,1H3. The summed E-state index contributed by atoms with van der Waals surface area (Å²) in [6.07, 6.45) is 4.51. The first-order valence-corrected chi connectivity index (χ1v) is 11.2. The van der Waals surface area contributed by atoms with Crippen LogP contribution in [-0.4, -0.2) is 34.3 Å². The topological polar surface area (TPSA) is 83.3 Å². The summed E-state index contributed by atoms with van der Waals surface area (Å²) in [6, 6.07) is 17.0. The van der Waals surface area contributed by atoms with E-state index in [0.29, 0.717) is 12.2 Å². The molecule has 0 radical (unpaired) electrons. The second-order valence-electron chi connectivity index (χ2n) is 8.17. The lowest BCUT2D eigenvalue weighted by Crippen LogP contribution is -2.44. The zero-order valence-corrected chi connectivity index (χ0v) is 18.8. The molecule has 7 heteroatoms. The molecule has 1 saturated heterocycles. The van der Waals surface area contributed by atoms with E-state index in [1.165, 1.54) is 17.0 Å². The van der Waals surface area contributed by atoms with E-state index in [1.54, 1.807) is 30.6 Å². The van der Waals surface area contributed by atoms with Crippen LogP contribution in [0.1, 0.15) is 43.2 Å². The van der Waals surface area contributed by atoms with Crippen molar-refractivity contribution >= 4 is 11.8 Å². The third-order valence-electron chi connectivity index (χ3n) is 6.12. The van der Waals surface area contributed by atoms with Crippen molar-refractivity contribution in [1.29, 1.82) is 5.26 Å². The highest BCUT2D eigenvalue weighted by Gasteiger charge is 2.39. The van der Waals surface area contributed by atoms with E-state index in [0.717, 1.165) is 16.7 Å². The first-order chi connectivity index (χ1) is 16.5. The van der Waals surface area contributed by atoms with Gasteiger partial charge in [-0.2, -0.15) is 5.26 Å². The number of halogens is 1. The van der Waals surface area contributed by atoms with Crippen LogP contribution in [0.15, 0.2) is 67.0 Å². The van der Waals surface area contributed by atoms with Crippen molar-refractivity contribution in [2.45, 2.75) is 38.1 Å². The van der Waals surface area contributed by atoms with Crippen LogP contribution in [0.25, 0.3) is 11.1 Å². The maximum absolute atomic E-state index is 13.6. The Balaban J connectivity index is 1.54. The van der Waals surface area contributed by atoms with Crippen LogP contribution in [0.4, 0.5) is 4.39 Å². The molecule has 0 saturated carbocycles. The number of amides is 2. The molecule has 1 aliphatic heterocycles. The summed E-state index contributed by atoms with van der Waals surface area (Å²) in [5.41, 5.74) is 2.45. The van der Waals surface area contributed by atoms with Crippen molar-refractivity contribution < 1.29 is 18.7 Å². The van der Waals surface area contributed by atoms with E-state index in [4.69, 9.17) is 10.00 Å². The van der Waals surface area contributed by atoms with Crippen LogP contribution >= 0.6 is 0 Å². The Morgan fingerprint density at radius 3 is 2.41 bits per heavy atom. The molecule has 0 N–H and O–H groups in total. The second kappa shape index (κ2) is 10.3. The van der Waals surface area contributed by atoms with Crippen molar-refractivity contribution in [3.63, 3.8) is 0 Å². The molecule has 2 heterocycles. The molecule has 0 bridgehead atoms. The normalized spacial score (nSPS) is 15.1. The fraction of sp³-hybridized carbons (Fsp3) is 0.259. The van der Waals surface area contributed by atoms with Gasteiger partial charge < -0.3 is 4.74 Å². The van der Waals surface area contributed by atoms with Gasteiger partial charge in [-0.15, -0.1) is 0 Å². The minimum absolute atomic E-state index is 0.00578. The Morgan fingerprint density at radius 2 is 1.79 bits per heavy atom. The van der Waals surface area contributed by atoms with Gasteiger partial charge in [0.1, 0.15) is 17.6 Å². The van der Waals surface area contributed by atoms with E-state index in [-0.39, 0.29) is 48.8 Å². The molecule has 0 aliphatic carbocycles. The van der Waals surface area contributed by atoms with Gasteiger partial charge in [0.05, 0.1) is 12.2 Å². The molecule has 0 spiro atoms. The molecule has 4 rings (SSSR count). The van der Waals surface area contributed by atoms with Gasteiger partial charge >= 0.3 is 0 Å². The summed E-state index contributed by atoms with van der Waals surface area (Å²) in [5.74, 6) is -0.459. The van der Waals surface area contributed by atoms with Gasteiger partial charge in [0.15, 0.2) is 0 Å².